The number of amides is 2. The Labute approximate surface area is 158 Å². The Bertz CT molecular complexity index is 862. The molecule has 0 bridgehead atoms. The Hall–Kier alpha value is -2.70. The predicted octanol–water partition coefficient (Wildman–Crippen LogP) is 2.57. The Morgan fingerprint density at radius 1 is 1.22 bits per heavy atom. The number of carbonyl (C=O) groups is 2. The molecule has 1 unspecified atom stereocenters. The van der Waals surface area contributed by atoms with Crippen LogP contribution in [0.25, 0.3) is 11.5 Å². The molecular formula is C20H24N4O3. The Morgan fingerprint density at radius 3 is 2.63 bits per heavy atom. The number of nitrogens with zero attached hydrogens (tertiary/aromatic N) is 3. The van der Waals surface area contributed by atoms with Crippen molar-refractivity contribution in [3.8, 4) is 11.5 Å². The second-order valence-electron chi connectivity index (χ2n) is 7.81. The summed E-state index contributed by atoms with van der Waals surface area (Å²) in [7, 11) is 0. The van der Waals surface area contributed by atoms with Gasteiger partial charge >= 0.3 is 0 Å². The molecular weight excluding hydrogens is 344 g/mol. The highest BCUT2D eigenvalue weighted by Gasteiger charge is 2.45. The van der Waals surface area contributed by atoms with Crippen molar-refractivity contribution in [1.29, 1.82) is 0 Å². The molecule has 1 aliphatic heterocycles. The van der Waals surface area contributed by atoms with Gasteiger partial charge in [0.15, 0.2) is 0 Å². The summed E-state index contributed by atoms with van der Waals surface area (Å²) in [6, 6.07) is 6.99. The van der Waals surface area contributed by atoms with E-state index < -0.39 is 11.9 Å². The molecule has 2 aromatic rings. The number of likely N-dealkylation sites (tertiary alicyclic amines) is 1. The number of benzene rings is 1. The van der Waals surface area contributed by atoms with E-state index >= 15 is 0 Å². The monoisotopic (exact) mass is 368 g/mol. The number of carbonyl (C=O) groups excluding carboxylic acids is 2. The number of hydrogen-bond donors (Lipinski definition) is 1. The van der Waals surface area contributed by atoms with Crippen LogP contribution in [-0.4, -0.2) is 46.0 Å². The molecule has 7 heteroatoms. The minimum atomic E-state index is -0.619. The van der Waals surface area contributed by atoms with Crippen LogP contribution in [0.1, 0.15) is 48.8 Å². The van der Waals surface area contributed by atoms with E-state index in [1.807, 2.05) is 36.1 Å². The smallest absolute Gasteiger partial charge is 0.293 e. The summed E-state index contributed by atoms with van der Waals surface area (Å²) in [5.74, 6) is -0.342. The maximum absolute atomic E-state index is 12.6. The lowest BCUT2D eigenvalue weighted by Crippen LogP contribution is -2.49. The van der Waals surface area contributed by atoms with Crippen molar-refractivity contribution in [3.05, 3.63) is 35.7 Å². The number of aromatic nitrogens is 2. The summed E-state index contributed by atoms with van der Waals surface area (Å²) in [6.45, 7) is 5.22. The number of rotatable bonds is 4. The topological polar surface area (TPSA) is 88.3 Å². The maximum Gasteiger partial charge on any atom is 0.293 e. The van der Waals surface area contributed by atoms with E-state index in [9.17, 15) is 9.59 Å². The van der Waals surface area contributed by atoms with Gasteiger partial charge in [-0.05, 0) is 57.1 Å². The zero-order valence-electron chi connectivity index (χ0n) is 15.7. The van der Waals surface area contributed by atoms with E-state index in [4.69, 9.17) is 4.52 Å². The lowest BCUT2D eigenvalue weighted by atomic mass is 9.93. The Kier molecular flexibility index (Phi) is 4.45. The van der Waals surface area contributed by atoms with Crippen LogP contribution in [0.4, 0.5) is 0 Å². The highest BCUT2D eigenvalue weighted by atomic mass is 16.5. The fourth-order valence-corrected chi connectivity index (χ4v) is 3.69. The maximum atomic E-state index is 12.6. The molecule has 1 spiro atoms. The molecule has 1 N–H and O–H groups in total. The quantitative estimate of drug-likeness (QED) is 0.896. The molecule has 4 rings (SSSR count). The highest BCUT2D eigenvalue weighted by Crippen LogP contribution is 2.53. The molecule has 2 aliphatic rings. The van der Waals surface area contributed by atoms with Crippen LogP contribution in [-0.2, 0) is 4.79 Å². The molecule has 1 atom stereocenters. The first kappa shape index (κ1) is 17.7. The summed E-state index contributed by atoms with van der Waals surface area (Å²) in [5.41, 5.74) is 2.33. The highest BCUT2D eigenvalue weighted by molar-refractivity contribution is 5.94. The average molecular weight is 368 g/mol. The van der Waals surface area contributed by atoms with Gasteiger partial charge in [0.1, 0.15) is 6.04 Å². The zero-order valence-corrected chi connectivity index (χ0v) is 15.7. The van der Waals surface area contributed by atoms with Gasteiger partial charge in [0, 0.05) is 18.7 Å². The van der Waals surface area contributed by atoms with Crippen LogP contribution in [0.3, 0.4) is 0 Å². The predicted molar refractivity (Wildman–Crippen MR) is 98.9 cm³/mol. The Morgan fingerprint density at radius 2 is 1.96 bits per heavy atom. The van der Waals surface area contributed by atoms with E-state index in [0.29, 0.717) is 5.41 Å². The van der Waals surface area contributed by atoms with Crippen molar-refractivity contribution >= 4 is 11.8 Å². The molecule has 1 aromatic heterocycles. The minimum Gasteiger partial charge on any atom is -0.341 e. The number of nitrogens with one attached hydrogen (secondary N) is 1. The zero-order chi connectivity index (χ0) is 19.0. The van der Waals surface area contributed by atoms with Crippen molar-refractivity contribution in [1.82, 2.24) is 20.4 Å². The number of hydrogen-bond acceptors (Lipinski definition) is 5. The van der Waals surface area contributed by atoms with E-state index in [-0.39, 0.29) is 17.6 Å². The SMILES string of the molecule is Cc1cccc(-c2nc(C(=O)NC(C)C(=O)N3CCC4(CC3)CC4)no2)c1. The average Bonchev–Trinajstić information content (AvgIpc) is 3.22. The molecule has 1 saturated carbocycles. The molecule has 27 heavy (non-hydrogen) atoms. The fraction of sp³-hybridized carbons (Fsp3) is 0.500. The van der Waals surface area contributed by atoms with Gasteiger partial charge in [-0.25, -0.2) is 0 Å². The lowest BCUT2D eigenvalue weighted by molar-refractivity contribution is -0.134. The third kappa shape index (κ3) is 3.72. The molecule has 1 aromatic carbocycles. The van der Waals surface area contributed by atoms with Gasteiger partial charge in [-0.3, -0.25) is 9.59 Å². The summed E-state index contributed by atoms with van der Waals surface area (Å²) in [5, 5.41) is 6.44. The largest absolute Gasteiger partial charge is 0.341 e. The van der Waals surface area contributed by atoms with Crippen LogP contribution in [0, 0.1) is 12.3 Å². The summed E-state index contributed by atoms with van der Waals surface area (Å²) < 4.78 is 5.20. The lowest BCUT2D eigenvalue weighted by Gasteiger charge is -2.33. The van der Waals surface area contributed by atoms with E-state index in [1.54, 1.807) is 6.92 Å². The van der Waals surface area contributed by atoms with Crippen molar-refractivity contribution in [2.24, 2.45) is 5.41 Å². The fourth-order valence-electron chi connectivity index (χ4n) is 3.69. The second kappa shape index (κ2) is 6.79. The molecule has 7 nitrogen and oxygen atoms in total. The van der Waals surface area contributed by atoms with E-state index in [2.05, 4.69) is 15.5 Å². The van der Waals surface area contributed by atoms with Gasteiger partial charge in [0.2, 0.25) is 5.91 Å². The number of aryl methyl sites for hydroxylation is 1. The normalized spacial score (nSPS) is 19.0. The van der Waals surface area contributed by atoms with Crippen molar-refractivity contribution < 1.29 is 14.1 Å². The second-order valence-corrected chi connectivity index (χ2v) is 7.81. The van der Waals surface area contributed by atoms with Crippen LogP contribution >= 0.6 is 0 Å². The first-order valence-electron chi connectivity index (χ1n) is 9.46. The van der Waals surface area contributed by atoms with Crippen LogP contribution in [0.2, 0.25) is 0 Å². The van der Waals surface area contributed by atoms with Gasteiger partial charge in [-0.2, -0.15) is 4.98 Å². The summed E-state index contributed by atoms with van der Waals surface area (Å²) in [4.78, 5) is 31.0. The van der Waals surface area contributed by atoms with E-state index in [0.717, 1.165) is 37.1 Å². The van der Waals surface area contributed by atoms with Crippen molar-refractivity contribution in [2.75, 3.05) is 13.1 Å². The van der Waals surface area contributed by atoms with Crippen molar-refractivity contribution in [3.63, 3.8) is 0 Å². The summed E-state index contributed by atoms with van der Waals surface area (Å²) in [6.07, 6.45) is 4.74. The molecule has 2 heterocycles. The van der Waals surface area contributed by atoms with Crippen molar-refractivity contribution in [2.45, 2.75) is 45.6 Å². The molecule has 142 valence electrons. The molecule has 2 fully saturated rings. The van der Waals surface area contributed by atoms with Crippen LogP contribution in [0.15, 0.2) is 28.8 Å². The van der Waals surface area contributed by atoms with Gasteiger partial charge in [-0.15, -0.1) is 0 Å². The van der Waals surface area contributed by atoms with Crippen LogP contribution < -0.4 is 5.32 Å². The van der Waals surface area contributed by atoms with Gasteiger partial charge in [0.25, 0.3) is 17.6 Å². The molecule has 0 radical (unpaired) electrons. The number of piperidine rings is 1. The van der Waals surface area contributed by atoms with Crippen LogP contribution in [0.5, 0.6) is 0 Å². The van der Waals surface area contributed by atoms with Gasteiger partial charge < -0.3 is 14.7 Å². The summed E-state index contributed by atoms with van der Waals surface area (Å²) >= 11 is 0. The first-order valence-corrected chi connectivity index (χ1v) is 9.46. The third-order valence-electron chi connectivity index (χ3n) is 5.71. The molecule has 1 aliphatic carbocycles. The third-order valence-corrected chi connectivity index (χ3v) is 5.71. The van der Waals surface area contributed by atoms with Gasteiger partial charge in [-0.1, -0.05) is 22.9 Å². The van der Waals surface area contributed by atoms with Gasteiger partial charge in [0.05, 0.1) is 0 Å². The Balaban J connectivity index is 1.36. The molecule has 2 amide bonds. The minimum absolute atomic E-state index is 0.0544. The molecule has 1 saturated heterocycles. The van der Waals surface area contributed by atoms with E-state index in [1.165, 1.54) is 12.8 Å². The first-order chi connectivity index (χ1) is 13.0. The standard InChI is InChI=1S/C20H24N4O3/c1-13-4-3-5-15(12-13)18-22-16(23-27-18)17(25)21-14(2)19(26)24-10-8-20(6-7-20)9-11-24/h3-5,12,14H,6-11H2,1-2H3,(H,21,25).